The minimum absolute atomic E-state index is 0.222. The summed E-state index contributed by atoms with van der Waals surface area (Å²) in [5, 5.41) is 3.51. The molecule has 3 aromatic carbocycles. The van der Waals surface area contributed by atoms with Crippen molar-refractivity contribution in [1.82, 2.24) is 10.2 Å². The second kappa shape index (κ2) is 9.06. The second-order valence-electron chi connectivity index (χ2n) is 7.59. The molecular formula is C26H26N2O2. The van der Waals surface area contributed by atoms with Gasteiger partial charge in [0.1, 0.15) is 0 Å². The lowest BCUT2D eigenvalue weighted by Gasteiger charge is -2.18. The number of hydrogen-bond donors (Lipinski definition) is 1. The van der Waals surface area contributed by atoms with Gasteiger partial charge in [0, 0.05) is 6.54 Å². The summed E-state index contributed by atoms with van der Waals surface area (Å²) >= 11 is 0. The molecule has 4 nitrogen and oxygen atoms in total. The lowest BCUT2D eigenvalue weighted by molar-refractivity contribution is 0.0642. The summed E-state index contributed by atoms with van der Waals surface area (Å²) < 4.78 is 0. The van der Waals surface area contributed by atoms with Crippen molar-refractivity contribution in [3.05, 3.63) is 95.1 Å². The summed E-state index contributed by atoms with van der Waals surface area (Å²) in [4.78, 5) is 27.0. The number of benzene rings is 3. The fourth-order valence-electron chi connectivity index (χ4n) is 3.94. The van der Waals surface area contributed by atoms with Crippen molar-refractivity contribution < 1.29 is 9.59 Å². The summed E-state index contributed by atoms with van der Waals surface area (Å²) in [5.41, 5.74) is 5.34. The Balaban J connectivity index is 1.62. The Morgan fingerprint density at radius 3 is 1.80 bits per heavy atom. The summed E-state index contributed by atoms with van der Waals surface area (Å²) in [6.07, 6.45) is 2.32. The number of fused-ring (bicyclic) bond motifs is 1. The molecule has 1 heterocycles. The van der Waals surface area contributed by atoms with Gasteiger partial charge in [-0.2, -0.15) is 0 Å². The van der Waals surface area contributed by atoms with Crippen molar-refractivity contribution in [2.24, 2.45) is 0 Å². The van der Waals surface area contributed by atoms with Gasteiger partial charge in [-0.1, -0.05) is 74.0 Å². The molecule has 0 fully saturated rings. The summed E-state index contributed by atoms with van der Waals surface area (Å²) in [6.45, 7) is 4.23. The highest BCUT2D eigenvalue weighted by Crippen LogP contribution is 2.31. The zero-order chi connectivity index (χ0) is 20.9. The molecule has 1 aliphatic heterocycles. The number of imide groups is 1. The summed E-state index contributed by atoms with van der Waals surface area (Å²) in [7, 11) is 0. The van der Waals surface area contributed by atoms with E-state index in [2.05, 4.69) is 30.4 Å². The van der Waals surface area contributed by atoms with Crippen LogP contribution in [-0.4, -0.2) is 23.3 Å². The first-order valence-electron chi connectivity index (χ1n) is 10.5. The Morgan fingerprint density at radius 1 is 0.700 bits per heavy atom. The standard InChI is InChI=1S/C26H26N2O2/c1-2-3-16-27-17-19-10-4-6-12-21(19)22-13-7-5-11-20(22)18-28-25(29)23-14-8-9-15-24(23)26(28)30/h4-15,27H,2-3,16-18H2,1H3. The van der Waals surface area contributed by atoms with Crippen LogP contribution in [0, 0.1) is 0 Å². The smallest absolute Gasteiger partial charge is 0.261 e. The predicted molar refractivity (Wildman–Crippen MR) is 119 cm³/mol. The Kier molecular flexibility index (Phi) is 6.05. The van der Waals surface area contributed by atoms with Crippen molar-refractivity contribution in [3.63, 3.8) is 0 Å². The average Bonchev–Trinajstić information content (AvgIpc) is 3.03. The molecule has 4 rings (SSSR count). The third kappa shape index (κ3) is 3.91. The molecule has 0 aromatic heterocycles. The topological polar surface area (TPSA) is 49.4 Å². The van der Waals surface area contributed by atoms with Crippen molar-refractivity contribution in [1.29, 1.82) is 0 Å². The molecule has 30 heavy (non-hydrogen) atoms. The summed E-state index contributed by atoms with van der Waals surface area (Å²) in [6, 6.07) is 23.4. The molecule has 0 radical (unpaired) electrons. The van der Waals surface area contributed by atoms with Crippen LogP contribution >= 0.6 is 0 Å². The number of amides is 2. The quantitative estimate of drug-likeness (QED) is 0.427. The van der Waals surface area contributed by atoms with E-state index in [1.165, 1.54) is 10.5 Å². The molecule has 1 aliphatic rings. The largest absolute Gasteiger partial charge is 0.313 e. The van der Waals surface area contributed by atoms with E-state index in [1.807, 2.05) is 30.3 Å². The van der Waals surface area contributed by atoms with Gasteiger partial charge >= 0.3 is 0 Å². The van der Waals surface area contributed by atoms with Gasteiger partial charge in [-0.15, -0.1) is 0 Å². The monoisotopic (exact) mass is 398 g/mol. The van der Waals surface area contributed by atoms with Crippen molar-refractivity contribution in [2.75, 3.05) is 6.54 Å². The van der Waals surface area contributed by atoms with Crippen molar-refractivity contribution in [3.8, 4) is 11.1 Å². The first-order chi connectivity index (χ1) is 14.7. The minimum Gasteiger partial charge on any atom is -0.313 e. The van der Waals surface area contributed by atoms with E-state index in [1.54, 1.807) is 24.3 Å². The van der Waals surface area contributed by atoms with E-state index in [4.69, 9.17) is 0 Å². The Hall–Kier alpha value is -3.24. The van der Waals surface area contributed by atoms with E-state index in [9.17, 15) is 9.59 Å². The average molecular weight is 399 g/mol. The maximum absolute atomic E-state index is 12.8. The predicted octanol–water partition coefficient (Wildman–Crippen LogP) is 5.04. The molecule has 1 N–H and O–H groups in total. The maximum atomic E-state index is 12.8. The van der Waals surface area contributed by atoms with Gasteiger partial charge < -0.3 is 5.32 Å². The fourth-order valence-corrected chi connectivity index (χ4v) is 3.94. The lowest BCUT2D eigenvalue weighted by Crippen LogP contribution is -2.29. The van der Waals surface area contributed by atoms with Crippen LogP contribution in [0.5, 0.6) is 0 Å². The molecule has 0 unspecified atom stereocenters. The normalized spacial score (nSPS) is 13.0. The third-order valence-corrected chi connectivity index (χ3v) is 5.55. The first-order valence-corrected chi connectivity index (χ1v) is 10.5. The Labute approximate surface area is 177 Å². The highest BCUT2D eigenvalue weighted by atomic mass is 16.2. The van der Waals surface area contributed by atoms with Crippen LogP contribution in [0.1, 0.15) is 51.6 Å². The second-order valence-corrected chi connectivity index (χ2v) is 7.59. The zero-order valence-electron chi connectivity index (χ0n) is 17.2. The number of hydrogen-bond acceptors (Lipinski definition) is 3. The van der Waals surface area contributed by atoms with E-state index < -0.39 is 0 Å². The zero-order valence-corrected chi connectivity index (χ0v) is 17.2. The molecule has 0 aliphatic carbocycles. The van der Waals surface area contributed by atoms with Crippen LogP contribution < -0.4 is 5.32 Å². The number of carbonyl (C=O) groups excluding carboxylic acids is 2. The van der Waals surface area contributed by atoms with Gasteiger partial charge in [0.05, 0.1) is 17.7 Å². The molecule has 2 amide bonds. The Bertz CT molecular complexity index is 1040. The number of unbranched alkanes of at least 4 members (excludes halogenated alkanes) is 1. The van der Waals surface area contributed by atoms with E-state index in [0.29, 0.717) is 11.1 Å². The number of rotatable bonds is 8. The van der Waals surface area contributed by atoms with Gasteiger partial charge in [-0.05, 0) is 47.4 Å². The van der Waals surface area contributed by atoms with E-state index in [0.717, 1.165) is 42.6 Å². The number of nitrogens with zero attached hydrogens (tertiary/aromatic N) is 1. The first kappa shape index (κ1) is 20.0. The van der Waals surface area contributed by atoms with E-state index >= 15 is 0 Å². The Morgan fingerprint density at radius 2 is 1.20 bits per heavy atom. The molecule has 0 bridgehead atoms. The summed E-state index contributed by atoms with van der Waals surface area (Å²) in [5.74, 6) is -0.445. The lowest BCUT2D eigenvalue weighted by atomic mass is 9.95. The van der Waals surface area contributed by atoms with Crippen LogP contribution in [0.15, 0.2) is 72.8 Å². The van der Waals surface area contributed by atoms with Gasteiger partial charge in [0.2, 0.25) is 0 Å². The molecule has 0 atom stereocenters. The molecule has 4 heteroatoms. The maximum Gasteiger partial charge on any atom is 0.261 e. The van der Waals surface area contributed by atoms with Crippen LogP contribution in [0.4, 0.5) is 0 Å². The van der Waals surface area contributed by atoms with Crippen LogP contribution in [0.3, 0.4) is 0 Å². The molecule has 0 saturated carbocycles. The van der Waals surface area contributed by atoms with Crippen molar-refractivity contribution >= 4 is 11.8 Å². The fraction of sp³-hybridized carbons (Fsp3) is 0.231. The molecule has 3 aromatic rings. The highest BCUT2D eigenvalue weighted by Gasteiger charge is 2.35. The van der Waals surface area contributed by atoms with Gasteiger partial charge in [-0.25, -0.2) is 0 Å². The minimum atomic E-state index is -0.222. The van der Waals surface area contributed by atoms with Crippen LogP contribution in [0.2, 0.25) is 0 Å². The third-order valence-electron chi connectivity index (χ3n) is 5.55. The van der Waals surface area contributed by atoms with Gasteiger partial charge in [0.25, 0.3) is 11.8 Å². The SMILES string of the molecule is CCCCNCc1ccccc1-c1ccccc1CN1C(=O)c2ccccc2C1=O. The van der Waals surface area contributed by atoms with Gasteiger partial charge in [0.15, 0.2) is 0 Å². The molecule has 0 spiro atoms. The van der Waals surface area contributed by atoms with Crippen LogP contribution in [-0.2, 0) is 13.1 Å². The molecular weight excluding hydrogens is 372 g/mol. The number of nitrogens with one attached hydrogen (secondary N) is 1. The van der Waals surface area contributed by atoms with Crippen molar-refractivity contribution in [2.45, 2.75) is 32.9 Å². The van der Waals surface area contributed by atoms with Gasteiger partial charge in [-0.3, -0.25) is 14.5 Å². The van der Waals surface area contributed by atoms with Crippen LogP contribution in [0.25, 0.3) is 11.1 Å². The molecule has 152 valence electrons. The highest BCUT2D eigenvalue weighted by molar-refractivity contribution is 6.21. The van der Waals surface area contributed by atoms with E-state index in [-0.39, 0.29) is 18.4 Å². The molecule has 0 saturated heterocycles. The number of carbonyl (C=O) groups is 2.